The van der Waals surface area contributed by atoms with Crippen LogP contribution in [0.1, 0.15) is 20.8 Å². The van der Waals surface area contributed by atoms with Crippen molar-refractivity contribution in [2.75, 3.05) is 20.3 Å². The predicted octanol–water partition coefficient (Wildman–Crippen LogP) is 1.89. The number of halogens is 1. The quantitative estimate of drug-likeness (QED) is 0.539. The van der Waals surface area contributed by atoms with Crippen LogP contribution in [0.15, 0.2) is 18.2 Å². The van der Waals surface area contributed by atoms with Gasteiger partial charge in [-0.1, -0.05) is 13.8 Å². The number of methoxy groups -OCH3 is 1. The van der Waals surface area contributed by atoms with E-state index in [-0.39, 0.29) is 42.3 Å². The molecule has 3 N–H and O–H groups in total. The second-order valence-electron chi connectivity index (χ2n) is 5.70. The highest BCUT2D eigenvalue weighted by molar-refractivity contribution is 5.85. The molecule has 1 unspecified atom stereocenters. The first-order valence-corrected chi connectivity index (χ1v) is 7.19. The van der Waals surface area contributed by atoms with Crippen molar-refractivity contribution in [3.8, 4) is 11.5 Å². The van der Waals surface area contributed by atoms with E-state index < -0.39 is 10.5 Å². The first kappa shape index (κ1) is 21.9. The summed E-state index contributed by atoms with van der Waals surface area (Å²) in [7, 11) is 1.33. The summed E-state index contributed by atoms with van der Waals surface area (Å²) in [5.41, 5.74) is 5.02. The number of nitrogens with zero attached hydrogens (tertiary/aromatic N) is 1. The van der Waals surface area contributed by atoms with Crippen molar-refractivity contribution in [3.63, 3.8) is 0 Å². The Morgan fingerprint density at radius 3 is 2.54 bits per heavy atom. The molecule has 0 radical (unpaired) electrons. The molecule has 1 amide bonds. The lowest BCUT2D eigenvalue weighted by Gasteiger charge is -2.33. The van der Waals surface area contributed by atoms with E-state index in [9.17, 15) is 14.9 Å². The Morgan fingerprint density at radius 2 is 2.08 bits per heavy atom. The number of benzene rings is 1. The second kappa shape index (κ2) is 9.29. The van der Waals surface area contributed by atoms with Crippen LogP contribution in [-0.2, 0) is 4.79 Å². The highest BCUT2D eigenvalue weighted by Gasteiger charge is 2.28. The molecule has 136 valence electrons. The van der Waals surface area contributed by atoms with E-state index in [0.29, 0.717) is 12.3 Å². The normalized spacial score (nSPS) is 12.8. The molecular weight excluding hydrogens is 338 g/mol. The molecule has 0 aliphatic carbocycles. The predicted molar refractivity (Wildman–Crippen MR) is 92.8 cm³/mol. The van der Waals surface area contributed by atoms with E-state index >= 15 is 0 Å². The van der Waals surface area contributed by atoms with Crippen molar-refractivity contribution < 1.29 is 19.2 Å². The highest BCUT2D eigenvalue weighted by atomic mass is 35.5. The highest BCUT2D eigenvalue weighted by Crippen LogP contribution is 2.30. The molecule has 0 saturated carbocycles. The van der Waals surface area contributed by atoms with Crippen molar-refractivity contribution in [2.24, 2.45) is 11.7 Å². The van der Waals surface area contributed by atoms with E-state index in [2.05, 4.69) is 5.32 Å². The molecule has 9 heteroatoms. The van der Waals surface area contributed by atoms with E-state index in [1.165, 1.54) is 25.3 Å². The minimum Gasteiger partial charge on any atom is -0.490 e. The number of carbonyl (C=O) groups is 1. The van der Waals surface area contributed by atoms with E-state index in [4.69, 9.17) is 15.2 Å². The fraction of sp³-hybridized carbons (Fsp3) is 0.533. The van der Waals surface area contributed by atoms with Gasteiger partial charge in [0, 0.05) is 18.7 Å². The van der Waals surface area contributed by atoms with E-state index in [1.54, 1.807) is 0 Å². The zero-order valence-electron chi connectivity index (χ0n) is 14.2. The number of carbonyl (C=O) groups excluding carboxylic acids is 1. The third-order valence-electron chi connectivity index (χ3n) is 3.84. The number of rotatable bonds is 8. The van der Waals surface area contributed by atoms with Gasteiger partial charge in [-0.2, -0.15) is 0 Å². The molecule has 1 atom stereocenters. The van der Waals surface area contributed by atoms with Gasteiger partial charge in [-0.25, -0.2) is 0 Å². The lowest BCUT2D eigenvalue weighted by molar-refractivity contribution is -0.385. The van der Waals surface area contributed by atoms with Crippen LogP contribution in [-0.4, -0.2) is 36.6 Å². The maximum absolute atomic E-state index is 12.0. The fourth-order valence-electron chi connectivity index (χ4n) is 1.83. The fourth-order valence-corrected chi connectivity index (χ4v) is 1.83. The maximum Gasteiger partial charge on any atom is 0.311 e. The van der Waals surface area contributed by atoms with Gasteiger partial charge in [0.25, 0.3) is 5.91 Å². The molecule has 0 spiro atoms. The number of hydrogen-bond acceptors (Lipinski definition) is 6. The Balaban J connectivity index is 0.00000529. The van der Waals surface area contributed by atoms with Gasteiger partial charge in [-0.3, -0.25) is 14.9 Å². The molecule has 8 nitrogen and oxygen atoms in total. The molecule has 1 aromatic carbocycles. The lowest BCUT2D eigenvalue weighted by atomic mass is 9.88. The standard InChI is InChI=1S/C15H23N3O5.ClH/c1-10(2)15(3,9-16)17-14(19)8-23-11-5-6-12(18(20)21)13(7-11)22-4;/h5-7,10H,8-9,16H2,1-4H3,(H,17,19);1H. The van der Waals surface area contributed by atoms with Gasteiger partial charge in [0.1, 0.15) is 5.75 Å². The third-order valence-corrected chi connectivity index (χ3v) is 3.84. The average Bonchev–Trinajstić information content (AvgIpc) is 2.51. The number of nitro groups is 1. The Hall–Kier alpha value is -2.06. The largest absolute Gasteiger partial charge is 0.490 e. The number of nitrogens with two attached hydrogens (primary N) is 1. The molecule has 0 bridgehead atoms. The molecule has 0 aliphatic rings. The minimum atomic E-state index is -0.551. The zero-order valence-corrected chi connectivity index (χ0v) is 15.0. The number of hydrogen-bond donors (Lipinski definition) is 2. The van der Waals surface area contributed by atoms with Crippen LogP contribution in [0.5, 0.6) is 11.5 Å². The van der Waals surface area contributed by atoms with Crippen LogP contribution in [0, 0.1) is 16.0 Å². The average molecular weight is 362 g/mol. The number of ether oxygens (including phenoxy) is 2. The minimum absolute atomic E-state index is 0. The van der Waals surface area contributed by atoms with Gasteiger partial charge in [0.15, 0.2) is 6.61 Å². The Bertz CT molecular complexity index is 582. The van der Waals surface area contributed by atoms with Crippen LogP contribution in [0.25, 0.3) is 0 Å². The van der Waals surface area contributed by atoms with Gasteiger partial charge in [-0.05, 0) is 18.9 Å². The zero-order chi connectivity index (χ0) is 17.6. The molecule has 0 saturated heterocycles. The van der Waals surface area contributed by atoms with Crippen molar-refractivity contribution in [3.05, 3.63) is 28.3 Å². The second-order valence-corrected chi connectivity index (χ2v) is 5.70. The summed E-state index contributed by atoms with van der Waals surface area (Å²) < 4.78 is 10.3. The van der Waals surface area contributed by atoms with Crippen molar-refractivity contribution in [1.82, 2.24) is 5.32 Å². The molecule has 1 aromatic rings. The first-order chi connectivity index (χ1) is 10.7. The molecule has 0 fully saturated rings. The van der Waals surface area contributed by atoms with Crippen LogP contribution < -0.4 is 20.5 Å². The van der Waals surface area contributed by atoms with Gasteiger partial charge in [-0.15, -0.1) is 12.4 Å². The van der Waals surface area contributed by atoms with Crippen molar-refractivity contribution >= 4 is 24.0 Å². The number of nitro benzene ring substituents is 1. The summed E-state index contributed by atoms with van der Waals surface area (Å²) in [5.74, 6) is 0.225. The van der Waals surface area contributed by atoms with Gasteiger partial charge in [0.05, 0.1) is 17.6 Å². The lowest BCUT2D eigenvalue weighted by Crippen LogP contribution is -2.56. The smallest absolute Gasteiger partial charge is 0.311 e. The third kappa shape index (κ3) is 5.54. The number of nitrogens with one attached hydrogen (secondary N) is 1. The van der Waals surface area contributed by atoms with Crippen LogP contribution >= 0.6 is 12.4 Å². The van der Waals surface area contributed by atoms with Gasteiger partial charge < -0.3 is 20.5 Å². The van der Waals surface area contributed by atoms with E-state index in [0.717, 1.165) is 0 Å². The summed E-state index contributed by atoms with van der Waals surface area (Å²) in [6.07, 6.45) is 0. The van der Waals surface area contributed by atoms with E-state index in [1.807, 2.05) is 20.8 Å². The van der Waals surface area contributed by atoms with Gasteiger partial charge >= 0.3 is 5.69 Å². The van der Waals surface area contributed by atoms with Crippen LogP contribution in [0.2, 0.25) is 0 Å². The Labute approximate surface area is 147 Å². The maximum atomic E-state index is 12.0. The first-order valence-electron chi connectivity index (χ1n) is 7.19. The summed E-state index contributed by atoms with van der Waals surface area (Å²) >= 11 is 0. The molecule has 0 aromatic heterocycles. The molecule has 0 heterocycles. The monoisotopic (exact) mass is 361 g/mol. The van der Waals surface area contributed by atoms with Crippen molar-refractivity contribution in [1.29, 1.82) is 0 Å². The Kier molecular flexibility index (Phi) is 8.49. The summed E-state index contributed by atoms with van der Waals surface area (Å²) in [6.45, 7) is 5.89. The van der Waals surface area contributed by atoms with Gasteiger partial charge in [0.2, 0.25) is 5.75 Å². The summed E-state index contributed by atoms with van der Waals surface area (Å²) in [6, 6.07) is 4.05. The topological polar surface area (TPSA) is 117 Å². The molecular formula is C15H24ClN3O5. The molecule has 0 aliphatic heterocycles. The summed E-state index contributed by atoms with van der Waals surface area (Å²) in [4.78, 5) is 22.3. The van der Waals surface area contributed by atoms with Crippen LogP contribution in [0.4, 0.5) is 5.69 Å². The SMILES string of the molecule is COc1cc(OCC(=O)NC(C)(CN)C(C)C)ccc1[N+](=O)[O-].Cl. The summed E-state index contributed by atoms with van der Waals surface area (Å²) in [5, 5.41) is 13.7. The Morgan fingerprint density at radius 1 is 1.46 bits per heavy atom. The molecule has 1 rings (SSSR count). The van der Waals surface area contributed by atoms with Crippen molar-refractivity contribution in [2.45, 2.75) is 26.3 Å². The number of amides is 1. The van der Waals surface area contributed by atoms with Crippen LogP contribution in [0.3, 0.4) is 0 Å². The molecule has 24 heavy (non-hydrogen) atoms.